The van der Waals surface area contributed by atoms with Gasteiger partial charge in [-0.3, -0.25) is 9.59 Å². The minimum Gasteiger partial charge on any atom is -0.481 e. The zero-order chi connectivity index (χ0) is 15.7. The van der Waals surface area contributed by atoms with Crippen molar-refractivity contribution in [1.29, 1.82) is 0 Å². The van der Waals surface area contributed by atoms with Crippen molar-refractivity contribution >= 4 is 17.8 Å². The Labute approximate surface area is 122 Å². The molecule has 0 aliphatic rings. The summed E-state index contributed by atoms with van der Waals surface area (Å²) in [6, 6.07) is 7.66. The average Bonchev–Trinajstić information content (AvgIpc) is 2.45. The summed E-state index contributed by atoms with van der Waals surface area (Å²) in [5.41, 5.74) is 0.764. The first kappa shape index (κ1) is 16.2. The lowest BCUT2D eigenvalue weighted by atomic mass is 10.2. The van der Waals surface area contributed by atoms with E-state index in [1.165, 1.54) is 6.92 Å². The molecule has 2 N–H and O–H groups in total. The molecule has 0 saturated carbocycles. The molecule has 0 saturated heterocycles. The molecule has 0 spiro atoms. The molecule has 1 aromatic rings. The van der Waals surface area contributed by atoms with Crippen LogP contribution in [0.15, 0.2) is 30.3 Å². The summed E-state index contributed by atoms with van der Waals surface area (Å²) < 4.78 is 5.00. The van der Waals surface area contributed by atoms with E-state index in [-0.39, 0.29) is 6.61 Å². The summed E-state index contributed by atoms with van der Waals surface area (Å²) in [6.07, 6.45) is -0.565. The second-order valence-corrected chi connectivity index (χ2v) is 4.09. The number of carboxylic acids is 1. The van der Waals surface area contributed by atoms with Gasteiger partial charge in [0.25, 0.3) is 5.91 Å². The topological polar surface area (TPSA) is 92.7 Å². The predicted molar refractivity (Wildman–Crippen MR) is 73.9 cm³/mol. The molecule has 0 unspecified atom stereocenters. The number of esters is 1. The largest absolute Gasteiger partial charge is 0.481 e. The Morgan fingerprint density at radius 1 is 1.29 bits per heavy atom. The van der Waals surface area contributed by atoms with Crippen LogP contribution in [-0.2, 0) is 25.7 Å². The summed E-state index contributed by atoms with van der Waals surface area (Å²) in [5, 5.41) is 11.0. The van der Waals surface area contributed by atoms with Crippen molar-refractivity contribution in [2.24, 2.45) is 0 Å². The number of carbonyl (C=O) groups excluding carboxylic acids is 2. The van der Waals surface area contributed by atoms with Gasteiger partial charge in [-0.05, 0) is 18.4 Å². The van der Waals surface area contributed by atoms with Crippen LogP contribution in [0.4, 0.5) is 0 Å². The van der Waals surface area contributed by atoms with Crippen LogP contribution in [-0.4, -0.2) is 29.0 Å². The Balaban J connectivity index is 2.63. The Bertz CT molecular complexity index is 571. The van der Waals surface area contributed by atoms with E-state index in [4.69, 9.17) is 9.84 Å². The molecule has 0 heterocycles. The van der Waals surface area contributed by atoms with Crippen LogP contribution < -0.4 is 5.32 Å². The molecule has 0 aliphatic carbocycles. The molecule has 6 heteroatoms. The standard InChI is InChI=1S/C15H15NO5/c1-2-6-13(17)16-12(9-14(18)19)15(20)21-10-11-7-4-3-5-8-11/h3-5,7-8,12H,9-10H2,1H3,(H,16,17)(H,18,19)/t12-/m1/s1. The van der Waals surface area contributed by atoms with Crippen LogP contribution in [0.1, 0.15) is 18.9 Å². The van der Waals surface area contributed by atoms with Crippen molar-refractivity contribution in [1.82, 2.24) is 5.32 Å². The zero-order valence-electron chi connectivity index (χ0n) is 11.5. The number of ether oxygens (including phenoxy) is 1. The Hall–Kier alpha value is -2.81. The maximum atomic E-state index is 11.8. The molecule has 1 amide bonds. The number of amides is 1. The SMILES string of the molecule is CC#CC(=O)N[C@H](CC(=O)O)C(=O)OCc1ccccc1. The number of nitrogens with one attached hydrogen (secondary N) is 1. The van der Waals surface area contributed by atoms with Gasteiger partial charge in [0, 0.05) is 0 Å². The van der Waals surface area contributed by atoms with E-state index in [1.54, 1.807) is 24.3 Å². The number of aliphatic carboxylic acids is 1. The fraction of sp³-hybridized carbons (Fsp3) is 0.267. The maximum Gasteiger partial charge on any atom is 0.329 e. The Morgan fingerprint density at radius 2 is 1.95 bits per heavy atom. The van der Waals surface area contributed by atoms with Crippen molar-refractivity contribution in [2.45, 2.75) is 26.0 Å². The minimum atomic E-state index is -1.26. The van der Waals surface area contributed by atoms with E-state index in [0.29, 0.717) is 0 Å². The highest BCUT2D eigenvalue weighted by Crippen LogP contribution is 2.03. The third kappa shape index (κ3) is 6.25. The maximum absolute atomic E-state index is 11.8. The van der Waals surface area contributed by atoms with Crippen molar-refractivity contribution < 1.29 is 24.2 Å². The molecule has 0 fully saturated rings. The van der Waals surface area contributed by atoms with Crippen molar-refractivity contribution in [3.05, 3.63) is 35.9 Å². The van der Waals surface area contributed by atoms with Crippen LogP contribution in [0.2, 0.25) is 0 Å². The first-order chi connectivity index (χ1) is 10.0. The lowest BCUT2D eigenvalue weighted by Crippen LogP contribution is -2.42. The average molecular weight is 289 g/mol. The summed E-state index contributed by atoms with van der Waals surface area (Å²) in [4.78, 5) is 33.9. The smallest absolute Gasteiger partial charge is 0.329 e. The van der Waals surface area contributed by atoms with Gasteiger partial charge in [0.2, 0.25) is 0 Å². The second kappa shape index (κ2) is 8.38. The van der Waals surface area contributed by atoms with E-state index in [2.05, 4.69) is 17.2 Å². The fourth-order valence-corrected chi connectivity index (χ4v) is 1.51. The van der Waals surface area contributed by atoms with Gasteiger partial charge in [-0.25, -0.2) is 4.79 Å². The number of hydrogen-bond acceptors (Lipinski definition) is 4. The lowest BCUT2D eigenvalue weighted by Gasteiger charge is -2.14. The summed E-state index contributed by atoms with van der Waals surface area (Å²) in [7, 11) is 0. The number of hydrogen-bond donors (Lipinski definition) is 2. The number of benzene rings is 1. The minimum absolute atomic E-state index is 0.00508. The van der Waals surface area contributed by atoms with E-state index in [0.717, 1.165) is 5.56 Å². The van der Waals surface area contributed by atoms with Gasteiger partial charge in [-0.1, -0.05) is 36.3 Å². The van der Waals surface area contributed by atoms with Crippen molar-refractivity contribution in [3.63, 3.8) is 0 Å². The van der Waals surface area contributed by atoms with Crippen LogP contribution in [0.3, 0.4) is 0 Å². The lowest BCUT2D eigenvalue weighted by molar-refractivity contribution is -0.152. The first-order valence-corrected chi connectivity index (χ1v) is 6.18. The third-order valence-electron chi connectivity index (χ3n) is 2.43. The Kier molecular flexibility index (Phi) is 6.48. The molecular formula is C15H15NO5. The normalized spacial score (nSPS) is 10.7. The number of rotatable bonds is 6. The molecule has 0 aromatic heterocycles. The van der Waals surface area contributed by atoms with Gasteiger partial charge in [-0.15, -0.1) is 0 Å². The summed E-state index contributed by atoms with van der Waals surface area (Å²) >= 11 is 0. The molecule has 1 rings (SSSR count). The molecule has 0 bridgehead atoms. The summed E-state index contributed by atoms with van der Waals surface area (Å²) in [5.74, 6) is 1.78. The van der Waals surface area contributed by atoms with Crippen LogP contribution in [0.5, 0.6) is 0 Å². The van der Waals surface area contributed by atoms with E-state index < -0.39 is 30.3 Å². The molecule has 1 atom stereocenters. The van der Waals surface area contributed by atoms with Crippen molar-refractivity contribution in [2.75, 3.05) is 0 Å². The van der Waals surface area contributed by atoms with Crippen LogP contribution >= 0.6 is 0 Å². The molecule has 1 aromatic carbocycles. The monoisotopic (exact) mass is 289 g/mol. The van der Waals surface area contributed by atoms with Crippen LogP contribution in [0, 0.1) is 11.8 Å². The molecule has 21 heavy (non-hydrogen) atoms. The van der Waals surface area contributed by atoms with Crippen LogP contribution in [0.25, 0.3) is 0 Å². The molecule has 0 aliphatic heterocycles. The van der Waals surface area contributed by atoms with E-state index in [1.807, 2.05) is 6.07 Å². The van der Waals surface area contributed by atoms with Crippen molar-refractivity contribution in [3.8, 4) is 11.8 Å². The Morgan fingerprint density at radius 3 is 2.52 bits per heavy atom. The zero-order valence-corrected chi connectivity index (χ0v) is 11.5. The third-order valence-corrected chi connectivity index (χ3v) is 2.43. The quantitative estimate of drug-likeness (QED) is 0.594. The van der Waals surface area contributed by atoms with Gasteiger partial charge in [-0.2, -0.15) is 0 Å². The number of carboxylic acid groups (broad SMARTS) is 1. The van der Waals surface area contributed by atoms with Gasteiger partial charge < -0.3 is 15.2 Å². The molecular weight excluding hydrogens is 274 g/mol. The molecule has 6 nitrogen and oxygen atoms in total. The molecule has 110 valence electrons. The number of carbonyl (C=O) groups is 3. The van der Waals surface area contributed by atoms with E-state index in [9.17, 15) is 14.4 Å². The first-order valence-electron chi connectivity index (χ1n) is 6.18. The predicted octanol–water partition coefficient (Wildman–Crippen LogP) is 0.713. The van der Waals surface area contributed by atoms with Gasteiger partial charge in [0.15, 0.2) is 0 Å². The fourth-order valence-electron chi connectivity index (χ4n) is 1.51. The summed E-state index contributed by atoms with van der Waals surface area (Å²) in [6.45, 7) is 1.46. The second-order valence-electron chi connectivity index (χ2n) is 4.09. The highest BCUT2D eigenvalue weighted by Gasteiger charge is 2.24. The highest BCUT2D eigenvalue weighted by molar-refractivity contribution is 5.97. The van der Waals surface area contributed by atoms with Gasteiger partial charge >= 0.3 is 11.9 Å². The molecule has 0 radical (unpaired) electrons. The van der Waals surface area contributed by atoms with E-state index >= 15 is 0 Å². The highest BCUT2D eigenvalue weighted by atomic mass is 16.5. The van der Waals surface area contributed by atoms with Gasteiger partial charge in [0.05, 0.1) is 6.42 Å². The van der Waals surface area contributed by atoms with Gasteiger partial charge in [0.1, 0.15) is 12.6 Å².